The summed E-state index contributed by atoms with van der Waals surface area (Å²) in [5.74, 6) is 0.181. The monoisotopic (exact) mass is 318 g/mol. The number of aliphatic hydroxyl groups is 1. The second-order valence-corrected chi connectivity index (χ2v) is 6.54. The van der Waals surface area contributed by atoms with E-state index >= 15 is 0 Å². The van der Waals surface area contributed by atoms with Crippen molar-refractivity contribution in [3.63, 3.8) is 0 Å². The van der Waals surface area contributed by atoms with Crippen LogP contribution in [0.15, 0.2) is 30.3 Å². The summed E-state index contributed by atoms with van der Waals surface area (Å²) in [7, 11) is 0. The third kappa shape index (κ3) is 4.31. The smallest absolute Gasteiger partial charge is 0.234 e. The zero-order valence-electron chi connectivity index (χ0n) is 13.5. The van der Waals surface area contributed by atoms with Crippen LogP contribution in [0.25, 0.3) is 0 Å². The van der Waals surface area contributed by atoms with E-state index in [1.165, 1.54) is 0 Å². The average Bonchev–Trinajstić information content (AvgIpc) is 3.02. The zero-order valence-corrected chi connectivity index (χ0v) is 13.5. The summed E-state index contributed by atoms with van der Waals surface area (Å²) < 4.78 is 5.54. The minimum absolute atomic E-state index is 0.0481. The van der Waals surface area contributed by atoms with Crippen LogP contribution < -0.4 is 5.32 Å². The molecule has 0 aromatic heterocycles. The van der Waals surface area contributed by atoms with E-state index in [0.717, 1.165) is 24.9 Å². The lowest BCUT2D eigenvalue weighted by atomic mass is 9.89. The predicted molar refractivity (Wildman–Crippen MR) is 87.8 cm³/mol. The van der Waals surface area contributed by atoms with Crippen molar-refractivity contribution in [2.75, 3.05) is 26.3 Å². The van der Waals surface area contributed by atoms with E-state index in [2.05, 4.69) is 10.2 Å². The van der Waals surface area contributed by atoms with E-state index in [9.17, 15) is 9.90 Å². The Morgan fingerprint density at radius 3 is 2.91 bits per heavy atom. The fourth-order valence-corrected chi connectivity index (χ4v) is 3.69. The van der Waals surface area contributed by atoms with Crippen LogP contribution in [0.1, 0.15) is 24.8 Å². The summed E-state index contributed by atoms with van der Waals surface area (Å²) >= 11 is 0. The number of aliphatic hydroxyl groups excluding tert-OH is 1. The molecule has 2 saturated heterocycles. The van der Waals surface area contributed by atoms with Gasteiger partial charge in [0.25, 0.3) is 0 Å². The first kappa shape index (κ1) is 16.4. The Morgan fingerprint density at radius 2 is 2.13 bits per heavy atom. The Hall–Kier alpha value is -1.43. The van der Waals surface area contributed by atoms with E-state index in [0.29, 0.717) is 32.7 Å². The van der Waals surface area contributed by atoms with Gasteiger partial charge < -0.3 is 15.2 Å². The summed E-state index contributed by atoms with van der Waals surface area (Å²) in [5.41, 5.74) is 1.11. The van der Waals surface area contributed by atoms with Gasteiger partial charge in [-0.2, -0.15) is 0 Å². The zero-order chi connectivity index (χ0) is 16.1. The number of nitrogens with one attached hydrogen (secondary N) is 1. The summed E-state index contributed by atoms with van der Waals surface area (Å²) in [6.45, 7) is 3.14. The second-order valence-electron chi connectivity index (χ2n) is 6.54. The van der Waals surface area contributed by atoms with E-state index < -0.39 is 0 Å². The van der Waals surface area contributed by atoms with Crippen molar-refractivity contribution in [1.82, 2.24) is 10.2 Å². The summed E-state index contributed by atoms with van der Waals surface area (Å²) in [6, 6.07) is 10.2. The van der Waals surface area contributed by atoms with Crippen LogP contribution in [-0.4, -0.2) is 54.4 Å². The molecule has 2 fully saturated rings. The molecule has 0 spiro atoms. The first-order chi connectivity index (χ1) is 11.2. The lowest BCUT2D eigenvalue weighted by Gasteiger charge is -2.36. The summed E-state index contributed by atoms with van der Waals surface area (Å²) in [6.07, 6.45) is 2.52. The largest absolute Gasteiger partial charge is 0.393 e. The molecule has 126 valence electrons. The standard InChI is InChI=1S/C18H26N2O3/c21-17-8-10-23-13-15(17)16-7-4-9-20(16)12-18(22)19-11-14-5-2-1-3-6-14/h1-3,5-6,15-17,21H,4,7-13H2,(H,19,22)/t15-,16+,17-/m0/s1. The Labute approximate surface area is 137 Å². The van der Waals surface area contributed by atoms with Gasteiger partial charge in [-0.1, -0.05) is 30.3 Å². The van der Waals surface area contributed by atoms with Gasteiger partial charge in [0.2, 0.25) is 5.91 Å². The van der Waals surface area contributed by atoms with E-state index in [-0.39, 0.29) is 24.0 Å². The van der Waals surface area contributed by atoms with Gasteiger partial charge in [-0.15, -0.1) is 0 Å². The van der Waals surface area contributed by atoms with Gasteiger partial charge in [-0.3, -0.25) is 9.69 Å². The van der Waals surface area contributed by atoms with Crippen LogP contribution in [-0.2, 0) is 16.1 Å². The van der Waals surface area contributed by atoms with Crippen molar-refractivity contribution in [3.05, 3.63) is 35.9 Å². The lowest BCUT2D eigenvalue weighted by molar-refractivity contribution is -0.124. The number of carbonyl (C=O) groups excluding carboxylic acids is 1. The number of likely N-dealkylation sites (tertiary alicyclic amines) is 1. The topological polar surface area (TPSA) is 61.8 Å². The maximum atomic E-state index is 12.2. The van der Waals surface area contributed by atoms with Crippen molar-refractivity contribution in [2.45, 2.75) is 38.0 Å². The predicted octanol–water partition coefficient (Wildman–Crippen LogP) is 1.16. The SMILES string of the molecule is O=C(CN1CCC[C@@H]1[C@@H]1COCC[C@@H]1O)NCc1ccccc1. The molecule has 3 rings (SSSR count). The fraction of sp³-hybridized carbons (Fsp3) is 0.611. The number of amides is 1. The number of rotatable bonds is 5. The maximum Gasteiger partial charge on any atom is 0.234 e. The number of nitrogens with zero attached hydrogens (tertiary/aromatic N) is 1. The number of hydrogen-bond donors (Lipinski definition) is 2. The minimum Gasteiger partial charge on any atom is -0.393 e. The van der Waals surface area contributed by atoms with Crippen LogP contribution in [0.4, 0.5) is 0 Å². The first-order valence-corrected chi connectivity index (χ1v) is 8.54. The normalized spacial score (nSPS) is 28.7. The van der Waals surface area contributed by atoms with E-state index in [1.807, 2.05) is 30.3 Å². The highest BCUT2D eigenvalue weighted by Gasteiger charge is 2.37. The van der Waals surface area contributed by atoms with Crippen molar-refractivity contribution < 1.29 is 14.6 Å². The number of carbonyl (C=O) groups is 1. The van der Waals surface area contributed by atoms with Gasteiger partial charge in [-0.25, -0.2) is 0 Å². The van der Waals surface area contributed by atoms with Crippen LogP contribution in [0.2, 0.25) is 0 Å². The lowest BCUT2D eigenvalue weighted by Crippen LogP contribution is -2.48. The van der Waals surface area contributed by atoms with Crippen LogP contribution in [0.3, 0.4) is 0 Å². The number of benzene rings is 1. The molecular formula is C18H26N2O3. The first-order valence-electron chi connectivity index (χ1n) is 8.54. The Morgan fingerprint density at radius 1 is 1.30 bits per heavy atom. The Bertz CT molecular complexity index is 508. The Balaban J connectivity index is 1.50. The summed E-state index contributed by atoms with van der Waals surface area (Å²) in [5, 5.41) is 13.2. The molecule has 3 atom stereocenters. The van der Waals surface area contributed by atoms with Crippen molar-refractivity contribution in [2.24, 2.45) is 5.92 Å². The maximum absolute atomic E-state index is 12.2. The van der Waals surface area contributed by atoms with Gasteiger partial charge in [0.05, 0.1) is 19.3 Å². The van der Waals surface area contributed by atoms with Crippen molar-refractivity contribution >= 4 is 5.91 Å². The van der Waals surface area contributed by atoms with Crippen molar-refractivity contribution in [1.29, 1.82) is 0 Å². The molecule has 0 aliphatic carbocycles. The van der Waals surface area contributed by atoms with Gasteiger partial charge in [0, 0.05) is 25.1 Å². The molecule has 0 bridgehead atoms. The average molecular weight is 318 g/mol. The third-order valence-electron chi connectivity index (χ3n) is 4.95. The summed E-state index contributed by atoms with van der Waals surface area (Å²) in [4.78, 5) is 14.4. The number of hydrogen-bond acceptors (Lipinski definition) is 4. The van der Waals surface area contributed by atoms with E-state index in [1.54, 1.807) is 0 Å². The molecule has 1 aromatic carbocycles. The molecule has 1 aromatic rings. The van der Waals surface area contributed by atoms with E-state index in [4.69, 9.17) is 4.74 Å². The molecular weight excluding hydrogens is 292 g/mol. The molecule has 2 aliphatic heterocycles. The quantitative estimate of drug-likeness (QED) is 0.855. The molecule has 5 nitrogen and oxygen atoms in total. The van der Waals surface area contributed by atoms with Gasteiger partial charge in [-0.05, 0) is 31.4 Å². The number of ether oxygens (including phenoxy) is 1. The third-order valence-corrected chi connectivity index (χ3v) is 4.95. The fourth-order valence-electron chi connectivity index (χ4n) is 3.69. The Kier molecular flexibility index (Phi) is 5.65. The van der Waals surface area contributed by atoms with Gasteiger partial charge in [0.1, 0.15) is 0 Å². The van der Waals surface area contributed by atoms with Gasteiger partial charge in [0.15, 0.2) is 0 Å². The second kappa shape index (κ2) is 7.90. The van der Waals surface area contributed by atoms with Crippen molar-refractivity contribution in [3.8, 4) is 0 Å². The highest BCUT2D eigenvalue weighted by Crippen LogP contribution is 2.29. The molecule has 2 heterocycles. The van der Waals surface area contributed by atoms with Gasteiger partial charge >= 0.3 is 0 Å². The molecule has 5 heteroatoms. The minimum atomic E-state index is -0.304. The molecule has 0 radical (unpaired) electrons. The van der Waals surface area contributed by atoms with Crippen LogP contribution >= 0.6 is 0 Å². The molecule has 1 amide bonds. The van der Waals surface area contributed by atoms with Crippen LogP contribution in [0.5, 0.6) is 0 Å². The molecule has 0 unspecified atom stereocenters. The van der Waals surface area contributed by atoms with Crippen LogP contribution in [0, 0.1) is 5.92 Å². The highest BCUT2D eigenvalue weighted by atomic mass is 16.5. The highest BCUT2D eigenvalue weighted by molar-refractivity contribution is 5.78. The molecule has 23 heavy (non-hydrogen) atoms. The molecule has 0 saturated carbocycles. The molecule has 2 N–H and O–H groups in total. The molecule has 2 aliphatic rings.